The van der Waals surface area contributed by atoms with E-state index in [0.29, 0.717) is 23.0 Å². The Morgan fingerprint density at radius 1 is 0.935 bits per heavy atom. The molecule has 0 unspecified atom stereocenters. The van der Waals surface area contributed by atoms with Crippen LogP contribution in [0.4, 0.5) is 5.69 Å². The number of nitrogens with zero attached hydrogens (tertiary/aromatic N) is 2. The molecule has 6 heteroatoms. The molecule has 156 valence electrons. The highest BCUT2D eigenvalue weighted by atomic mass is 16.5. The van der Waals surface area contributed by atoms with Crippen molar-refractivity contribution >= 4 is 11.6 Å². The summed E-state index contributed by atoms with van der Waals surface area (Å²) in [6, 6.07) is 21.1. The maximum Gasteiger partial charge on any atom is 0.262 e. The Morgan fingerprint density at radius 3 is 2.39 bits per heavy atom. The number of hydrogen-bond acceptors (Lipinski definition) is 5. The quantitative estimate of drug-likeness (QED) is 0.461. The van der Waals surface area contributed by atoms with Crippen LogP contribution in [0.5, 0.6) is 5.75 Å². The minimum Gasteiger partial charge on any atom is -0.483 e. The highest BCUT2D eigenvalue weighted by Gasteiger charge is 2.16. The van der Waals surface area contributed by atoms with Gasteiger partial charge in [-0.3, -0.25) is 4.79 Å². The Bertz CT molecular complexity index is 1190. The molecule has 1 amide bonds. The summed E-state index contributed by atoms with van der Waals surface area (Å²) in [4.78, 5) is 17.1. The molecule has 0 spiro atoms. The van der Waals surface area contributed by atoms with Crippen molar-refractivity contribution in [2.45, 2.75) is 20.8 Å². The molecule has 31 heavy (non-hydrogen) atoms. The van der Waals surface area contributed by atoms with Crippen LogP contribution in [0, 0.1) is 20.8 Å². The molecule has 6 nitrogen and oxygen atoms in total. The van der Waals surface area contributed by atoms with E-state index < -0.39 is 0 Å². The van der Waals surface area contributed by atoms with Crippen molar-refractivity contribution in [2.24, 2.45) is 0 Å². The van der Waals surface area contributed by atoms with Gasteiger partial charge in [0.2, 0.25) is 5.82 Å². The van der Waals surface area contributed by atoms with Gasteiger partial charge in [0.05, 0.1) is 11.3 Å². The SMILES string of the molecule is Cc1ccc(-c2noc(-c3ccccc3NC(=O)COc3c(C)cccc3C)n2)cc1. The number of hydrogen-bond donors (Lipinski definition) is 1. The summed E-state index contributed by atoms with van der Waals surface area (Å²) < 4.78 is 11.2. The third-order valence-electron chi connectivity index (χ3n) is 4.92. The fourth-order valence-corrected chi connectivity index (χ4v) is 3.28. The summed E-state index contributed by atoms with van der Waals surface area (Å²) in [6.07, 6.45) is 0. The molecule has 0 saturated carbocycles. The number of aryl methyl sites for hydroxylation is 3. The molecule has 0 aliphatic heterocycles. The number of amides is 1. The lowest BCUT2D eigenvalue weighted by molar-refractivity contribution is -0.118. The molecule has 1 heterocycles. The van der Waals surface area contributed by atoms with Gasteiger partial charge in [-0.25, -0.2) is 0 Å². The van der Waals surface area contributed by atoms with Crippen molar-refractivity contribution in [2.75, 3.05) is 11.9 Å². The van der Waals surface area contributed by atoms with Crippen LogP contribution in [-0.2, 0) is 4.79 Å². The first-order chi connectivity index (χ1) is 15.0. The van der Waals surface area contributed by atoms with Gasteiger partial charge in [-0.2, -0.15) is 4.98 Å². The molecule has 0 bridgehead atoms. The van der Waals surface area contributed by atoms with E-state index in [0.717, 1.165) is 28.0 Å². The molecule has 1 aromatic heterocycles. The van der Waals surface area contributed by atoms with Gasteiger partial charge in [0.1, 0.15) is 5.75 Å². The lowest BCUT2D eigenvalue weighted by Gasteiger charge is -2.12. The van der Waals surface area contributed by atoms with Crippen LogP contribution in [0.3, 0.4) is 0 Å². The van der Waals surface area contributed by atoms with Crippen molar-refractivity contribution in [3.8, 4) is 28.6 Å². The van der Waals surface area contributed by atoms with Gasteiger partial charge in [0.25, 0.3) is 11.8 Å². The maximum atomic E-state index is 12.5. The maximum absolute atomic E-state index is 12.5. The van der Waals surface area contributed by atoms with Crippen LogP contribution in [0.25, 0.3) is 22.8 Å². The number of ether oxygens (including phenoxy) is 1. The summed E-state index contributed by atoms with van der Waals surface area (Å²) in [5.74, 6) is 1.29. The van der Waals surface area contributed by atoms with E-state index in [1.54, 1.807) is 6.07 Å². The van der Waals surface area contributed by atoms with E-state index in [9.17, 15) is 4.79 Å². The molecule has 0 fully saturated rings. The molecule has 4 aromatic rings. The summed E-state index contributed by atoms with van der Waals surface area (Å²) in [5, 5.41) is 6.97. The van der Waals surface area contributed by atoms with E-state index >= 15 is 0 Å². The number of benzene rings is 3. The zero-order valence-electron chi connectivity index (χ0n) is 17.7. The Labute approximate surface area is 180 Å². The second-order valence-electron chi connectivity index (χ2n) is 7.39. The van der Waals surface area contributed by atoms with Crippen LogP contribution >= 0.6 is 0 Å². The van der Waals surface area contributed by atoms with Crippen molar-refractivity contribution < 1.29 is 14.1 Å². The monoisotopic (exact) mass is 413 g/mol. The third-order valence-corrected chi connectivity index (χ3v) is 4.92. The molecule has 1 N–H and O–H groups in total. The zero-order valence-corrected chi connectivity index (χ0v) is 17.7. The Balaban J connectivity index is 1.50. The second kappa shape index (κ2) is 8.83. The number of aromatic nitrogens is 2. The van der Waals surface area contributed by atoms with E-state index in [1.807, 2.05) is 81.4 Å². The first-order valence-electron chi connectivity index (χ1n) is 10.0. The van der Waals surface area contributed by atoms with Crippen molar-refractivity contribution in [3.05, 3.63) is 83.4 Å². The molecule has 0 aliphatic rings. The van der Waals surface area contributed by atoms with Crippen molar-refractivity contribution in [1.29, 1.82) is 0 Å². The molecule has 0 atom stereocenters. The molecular weight excluding hydrogens is 390 g/mol. The molecule has 0 aliphatic carbocycles. The van der Waals surface area contributed by atoms with Gasteiger partial charge in [0.15, 0.2) is 6.61 Å². The lowest BCUT2D eigenvalue weighted by Crippen LogP contribution is -2.21. The fraction of sp³-hybridized carbons (Fsp3) is 0.160. The normalized spacial score (nSPS) is 10.7. The number of rotatable bonds is 6. The zero-order chi connectivity index (χ0) is 21.8. The van der Waals surface area contributed by atoms with Gasteiger partial charge in [0, 0.05) is 5.56 Å². The third kappa shape index (κ3) is 4.64. The molecular formula is C25H23N3O3. The number of carbonyl (C=O) groups excluding carboxylic acids is 1. The smallest absolute Gasteiger partial charge is 0.262 e. The fourth-order valence-electron chi connectivity index (χ4n) is 3.28. The largest absolute Gasteiger partial charge is 0.483 e. The Morgan fingerprint density at radius 2 is 1.65 bits per heavy atom. The van der Waals surface area contributed by atoms with Crippen LogP contribution in [0.2, 0.25) is 0 Å². The number of anilines is 1. The van der Waals surface area contributed by atoms with E-state index in [-0.39, 0.29) is 12.5 Å². The minimum absolute atomic E-state index is 0.0987. The second-order valence-corrected chi connectivity index (χ2v) is 7.39. The predicted molar refractivity (Wildman–Crippen MR) is 120 cm³/mol. The number of para-hydroxylation sites is 2. The first-order valence-corrected chi connectivity index (χ1v) is 10.0. The first kappa shape index (κ1) is 20.3. The predicted octanol–water partition coefficient (Wildman–Crippen LogP) is 5.35. The molecule has 0 saturated heterocycles. The van der Waals surface area contributed by atoms with Gasteiger partial charge in [-0.1, -0.05) is 65.3 Å². The van der Waals surface area contributed by atoms with Gasteiger partial charge in [-0.05, 0) is 44.0 Å². The van der Waals surface area contributed by atoms with Gasteiger partial charge in [-0.15, -0.1) is 0 Å². The Kier molecular flexibility index (Phi) is 5.80. The molecule has 4 rings (SSSR count). The standard InChI is InChI=1S/C25H23N3O3/c1-16-11-13-19(14-12-16)24-27-25(31-28-24)20-9-4-5-10-21(20)26-22(29)15-30-23-17(2)7-6-8-18(23)3/h4-14H,15H2,1-3H3,(H,26,29). The summed E-state index contributed by atoms with van der Waals surface area (Å²) in [6.45, 7) is 5.83. The molecule has 0 radical (unpaired) electrons. The number of nitrogens with one attached hydrogen (secondary N) is 1. The van der Waals surface area contributed by atoms with Crippen LogP contribution in [0.1, 0.15) is 16.7 Å². The Hall–Kier alpha value is -3.93. The average Bonchev–Trinajstić information content (AvgIpc) is 3.24. The number of carbonyl (C=O) groups is 1. The topological polar surface area (TPSA) is 77.2 Å². The van der Waals surface area contributed by atoms with Crippen molar-refractivity contribution in [3.63, 3.8) is 0 Å². The average molecular weight is 413 g/mol. The van der Waals surface area contributed by atoms with Crippen LogP contribution in [-0.4, -0.2) is 22.7 Å². The van der Waals surface area contributed by atoms with E-state index in [4.69, 9.17) is 9.26 Å². The van der Waals surface area contributed by atoms with Gasteiger partial charge >= 0.3 is 0 Å². The van der Waals surface area contributed by atoms with Crippen LogP contribution < -0.4 is 10.1 Å². The highest BCUT2D eigenvalue weighted by molar-refractivity contribution is 5.95. The summed E-state index contributed by atoms with van der Waals surface area (Å²) in [5.41, 5.74) is 5.23. The lowest BCUT2D eigenvalue weighted by atomic mass is 10.1. The van der Waals surface area contributed by atoms with E-state index in [1.165, 1.54) is 0 Å². The van der Waals surface area contributed by atoms with Crippen molar-refractivity contribution in [1.82, 2.24) is 10.1 Å². The summed E-state index contributed by atoms with van der Waals surface area (Å²) >= 11 is 0. The van der Waals surface area contributed by atoms with Crippen LogP contribution in [0.15, 0.2) is 71.3 Å². The minimum atomic E-state index is -0.270. The highest BCUT2D eigenvalue weighted by Crippen LogP contribution is 2.29. The summed E-state index contributed by atoms with van der Waals surface area (Å²) in [7, 11) is 0. The van der Waals surface area contributed by atoms with Gasteiger partial charge < -0.3 is 14.6 Å². The van der Waals surface area contributed by atoms with E-state index in [2.05, 4.69) is 15.5 Å². The molecule has 3 aromatic carbocycles.